The molecule has 1 aliphatic rings. The van der Waals surface area contributed by atoms with E-state index >= 15 is 0 Å². The van der Waals surface area contributed by atoms with Crippen LogP contribution in [-0.2, 0) is 6.54 Å². The largest absolute Gasteiger partial charge is 0.391 e. The predicted octanol–water partition coefficient (Wildman–Crippen LogP) is 2.27. The van der Waals surface area contributed by atoms with Crippen LogP contribution < -0.4 is 0 Å². The van der Waals surface area contributed by atoms with E-state index < -0.39 is 0 Å². The maximum atomic E-state index is 12.5. The van der Waals surface area contributed by atoms with E-state index in [4.69, 9.17) is 0 Å². The van der Waals surface area contributed by atoms with Crippen LogP contribution in [0.4, 0.5) is 0 Å². The molecule has 0 spiro atoms. The second-order valence-corrected chi connectivity index (χ2v) is 5.42. The molecule has 1 aromatic rings. The van der Waals surface area contributed by atoms with Crippen LogP contribution in [-0.4, -0.2) is 39.7 Å². The Labute approximate surface area is 115 Å². The maximum absolute atomic E-state index is 12.5. The molecule has 4 heteroatoms. The van der Waals surface area contributed by atoms with Crippen molar-refractivity contribution in [2.24, 2.45) is 0 Å². The second-order valence-electron chi connectivity index (χ2n) is 5.42. The first-order chi connectivity index (χ1) is 9.15. The van der Waals surface area contributed by atoms with Crippen LogP contribution in [0.2, 0.25) is 0 Å². The van der Waals surface area contributed by atoms with Gasteiger partial charge in [0.25, 0.3) is 5.91 Å². The fraction of sp³-hybridized carbons (Fsp3) is 0.667. The number of nitrogens with zero attached hydrogens (tertiary/aromatic N) is 2. The normalized spacial score (nSPS) is 23.3. The summed E-state index contributed by atoms with van der Waals surface area (Å²) in [7, 11) is 1.81. The number of aryl methyl sites for hydroxylation is 1. The quantitative estimate of drug-likeness (QED) is 0.906. The van der Waals surface area contributed by atoms with E-state index in [1.807, 2.05) is 29.9 Å². The van der Waals surface area contributed by atoms with Gasteiger partial charge in [0.15, 0.2) is 0 Å². The van der Waals surface area contributed by atoms with Crippen LogP contribution in [0.25, 0.3) is 0 Å². The number of aliphatic hydroxyl groups is 1. The van der Waals surface area contributed by atoms with Gasteiger partial charge in [0.1, 0.15) is 5.69 Å². The molecule has 2 atom stereocenters. The molecule has 0 aromatic carbocycles. The van der Waals surface area contributed by atoms with Crippen molar-refractivity contribution in [2.45, 2.75) is 57.7 Å². The molecule has 1 heterocycles. The summed E-state index contributed by atoms with van der Waals surface area (Å²) in [6.45, 7) is 2.96. The summed E-state index contributed by atoms with van der Waals surface area (Å²) < 4.78 is 1.99. The number of aromatic nitrogens is 1. The van der Waals surface area contributed by atoms with Gasteiger partial charge in [0, 0.05) is 19.8 Å². The van der Waals surface area contributed by atoms with Gasteiger partial charge in [-0.3, -0.25) is 4.79 Å². The molecule has 1 amide bonds. The summed E-state index contributed by atoms with van der Waals surface area (Å²) >= 11 is 0. The number of carbonyl (C=O) groups excluding carboxylic acids is 1. The highest BCUT2D eigenvalue weighted by atomic mass is 16.3. The third-order valence-electron chi connectivity index (χ3n) is 4.02. The van der Waals surface area contributed by atoms with Gasteiger partial charge in [-0.25, -0.2) is 0 Å². The minimum absolute atomic E-state index is 0.0180. The SMILES string of the molecule is CCCn1cccc1C(=O)N(C)C1CCCCC1O. The zero-order valence-electron chi connectivity index (χ0n) is 11.9. The van der Waals surface area contributed by atoms with Crippen molar-refractivity contribution in [3.8, 4) is 0 Å². The molecule has 0 bridgehead atoms. The molecule has 4 nitrogen and oxygen atoms in total. The highest BCUT2D eigenvalue weighted by Gasteiger charge is 2.30. The molecular weight excluding hydrogens is 240 g/mol. The van der Waals surface area contributed by atoms with Gasteiger partial charge in [-0.1, -0.05) is 19.8 Å². The average molecular weight is 264 g/mol. The monoisotopic (exact) mass is 264 g/mol. The third kappa shape index (κ3) is 3.00. The van der Waals surface area contributed by atoms with E-state index in [1.165, 1.54) is 0 Å². The zero-order chi connectivity index (χ0) is 13.8. The number of hydrogen-bond acceptors (Lipinski definition) is 2. The standard InChI is InChI=1S/C15H24N2O2/c1-3-10-17-11-6-8-13(17)15(19)16(2)12-7-4-5-9-14(12)18/h6,8,11-12,14,18H,3-5,7,9-10H2,1-2H3. The van der Waals surface area contributed by atoms with E-state index in [2.05, 4.69) is 6.92 Å². The van der Waals surface area contributed by atoms with E-state index in [0.717, 1.165) is 44.3 Å². The van der Waals surface area contributed by atoms with Gasteiger partial charge in [0.05, 0.1) is 12.1 Å². The highest BCUT2D eigenvalue weighted by molar-refractivity contribution is 5.92. The Hall–Kier alpha value is -1.29. The number of rotatable bonds is 4. The van der Waals surface area contributed by atoms with Crippen molar-refractivity contribution in [2.75, 3.05) is 7.05 Å². The highest BCUT2D eigenvalue weighted by Crippen LogP contribution is 2.23. The van der Waals surface area contributed by atoms with Crippen molar-refractivity contribution in [1.29, 1.82) is 0 Å². The van der Waals surface area contributed by atoms with Gasteiger partial charge >= 0.3 is 0 Å². The molecule has 106 valence electrons. The fourth-order valence-electron chi connectivity index (χ4n) is 2.92. The van der Waals surface area contributed by atoms with Gasteiger partial charge < -0.3 is 14.6 Å². The first kappa shape index (κ1) is 14.1. The molecule has 0 aliphatic heterocycles. The lowest BCUT2D eigenvalue weighted by molar-refractivity contribution is 0.0261. The van der Waals surface area contributed by atoms with Crippen LogP contribution in [0.15, 0.2) is 18.3 Å². The average Bonchev–Trinajstić information content (AvgIpc) is 2.86. The maximum Gasteiger partial charge on any atom is 0.270 e. The molecule has 1 saturated carbocycles. The van der Waals surface area contributed by atoms with Crippen LogP contribution in [0.3, 0.4) is 0 Å². The van der Waals surface area contributed by atoms with Crippen LogP contribution in [0.5, 0.6) is 0 Å². The molecule has 1 aromatic heterocycles. The summed E-state index contributed by atoms with van der Waals surface area (Å²) in [5.74, 6) is 0.0180. The smallest absolute Gasteiger partial charge is 0.270 e. The molecule has 1 fully saturated rings. The van der Waals surface area contributed by atoms with Crippen LogP contribution in [0.1, 0.15) is 49.5 Å². The van der Waals surface area contributed by atoms with Crippen molar-refractivity contribution < 1.29 is 9.90 Å². The number of amides is 1. The van der Waals surface area contributed by atoms with Crippen LogP contribution in [0, 0.1) is 0 Å². The summed E-state index contributed by atoms with van der Waals surface area (Å²) in [6.07, 6.45) is 6.43. The van der Waals surface area contributed by atoms with E-state index in [0.29, 0.717) is 0 Å². The van der Waals surface area contributed by atoms with E-state index in [1.54, 1.807) is 4.90 Å². The lowest BCUT2D eigenvalue weighted by atomic mass is 9.91. The molecule has 2 unspecified atom stereocenters. The lowest BCUT2D eigenvalue weighted by Gasteiger charge is -2.35. The molecule has 2 rings (SSSR count). The van der Waals surface area contributed by atoms with Gasteiger partial charge in [0.2, 0.25) is 0 Å². The summed E-state index contributed by atoms with van der Waals surface area (Å²) in [6, 6.07) is 3.74. The summed E-state index contributed by atoms with van der Waals surface area (Å²) in [5, 5.41) is 10.1. The lowest BCUT2D eigenvalue weighted by Crippen LogP contribution is -2.46. The third-order valence-corrected chi connectivity index (χ3v) is 4.02. The molecular formula is C15H24N2O2. The summed E-state index contributed by atoms with van der Waals surface area (Å²) in [4.78, 5) is 14.3. The molecule has 0 saturated heterocycles. The molecule has 0 radical (unpaired) electrons. The van der Waals surface area contributed by atoms with Crippen molar-refractivity contribution in [3.05, 3.63) is 24.0 Å². The topological polar surface area (TPSA) is 45.5 Å². The molecule has 1 aliphatic carbocycles. The van der Waals surface area contributed by atoms with E-state index in [-0.39, 0.29) is 18.1 Å². The molecule has 19 heavy (non-hydrogen) atoms. The van der Waals surface area contributed by atoms with Gasteiger partial charge in [-0.05, 0) is 31.4 Å². The first-order valence-electron chi connectivity index (χ1n) is 7.25. The first-order valence-corrected chi connectivity index (χ1v) is 7.25. The Morgan fingerprint density at radius 1 is 1.47 bits per heavy atom. The Kier molecular flexibility index (Phi) is 4.64. The van der Waals surface area contributed by atoms with Gasteiger partial charge in [-0.15, -0.1) is 0 Å². The second kappa shape index (κ2) is 6.24. The van der Waals surface area contributed by atoms with Crippen molar-refractivity contribution >= 4 is 5.91 Å². The van der Waals surface area contributed by atoms with Crippen molar-refractivity contribution in [1.82, 2.24) is 9.47 Å². The Morgan fingerprint density at radius 3 is 2.89 bits per heavy atom. The predicted molar refractivity (Wildman–Crippen MR) is 75.1 cm³/mol. The Balaban J connectivity index is 2.11. The zero-order valence-corrected chi connectivity index (χ0v) is 11.9. The number of aliphatic hydroxyl groups excluding tert-OH is 1. The minimum Gasteiger partial charge on any atom is -0.391 e. The minimum atomic E-state index is -0.378. The van der Waals surface area contributed by atoms with E-state index in [9.17, 15) is 9.90 Å². The number of likely N-dealkylation sites (N-methyl/N-ethyl adjacent to an activating group) is 1. The summed E-state index contributed by atoms with van der Waals surface area (Å²) in [5.41, 5.74) is 0.724. The molecule has 1 N–H and O–H groups in total. The van der Waals surface area contributed by atoms with Crippen LogP contribution >= 0.6 is 0 Å². The Bertz CT molecular complexity index is 428. The number of hydrogen-bond donors (Lipinski definition) is 1. The van der Waals surface area contributed by atoms with Gasteiger partial charge in [-0.2, -0.15) is 0 Å². The Morgan fingerprint density at radius 2 is 2.21 bits per heavy atom. The van der Waals surface area contributed by atoms with Crippen molar-refractivity contribution in [3.63, 3.8) is 0 Å². The fourth-order valence-corrected chi connectivity index (χ4v) is 2.92. The number of carbonyl (C=O) groups is 1.